The van der Waals surface area contributed by atoms with E-state index in [1.807, 2.05) is 30.3 Å². The minimum atomic E-state index is -0.164. The molecule has 0 fully saturated rings. The zero-order valence-corrected chi connectivity index (χ0v) is 9.10. The van der Waals surface area contributed by atoms with Gasteiger partial charge < -0.3 is 9.47 Å². The van der Waals surface area contributed by atoms with Crippen LogP contribution < -0.4 is 0 Å². The van der Waals surface area contributed by atoms with Gasteiger partial charge in [-0.25, -0.2) is 0 Å². The summed E-state index contributed by atoms with van der Waals surface area (Å²) < 4.78 is 10.1. The van der Waals surface area contributed by atoms with Gasteiger partial charge in [0.1, 0.15) is 0 Å². The molecule has 1 aromatic carbocycles. The summed E-state index contributed by atoms with van der Waals surface area (Å²) in [5, 5.41) is 0. The molecule has 0 radical (unpaired) electrons. The van der Waals surface area contributed by atoms with Gasteiger partial charge in [0.15, 0.2) is 5.78 Å². The van der Waals surface area contributed by atoms with Crippen LogP contribution in [0, 0.1) is 0 Å². The second kappa shape index (κ2) is 6.32. The molecule has 0 bridgehead atoms. The molecule has 15 heavy (non-hydrogen) atoms. The SMILES string of the molecule is COCC(CC(=O)c1ccccc1)OC. The van der Waals surface area contributed by atoms with Crippen LogP contribution >= 0.6 is 0 Å². The summed E-state index contributed by atoms with van der Waals surface area (Å²) in [7, 11) is 3.18. The Morgan fingerprint density at radius 3 is 2.47 bits per heavy atom. The zero-order valence-electron chi connectivity index (χ0n) is 9.10. The van der Waals surface area contributed by atoms with Gasteiger partial charge in [-0.15, -0.1) is 0 Å². The average molecular weight is 208 g/mol. The summed E-state index contributed by atoms with van der Waals surface area (Å²) in [5.74, 6) is 0.0829. The summed E-state index contributed by atoms with van der Waals surface area (Å²) in [6.07, 6.45) is 0.191. The molecule has 0 aliphatic carbocycles. The lowest BCUT2D eigenvalue weighted by atomic mass is 10.1. The van der Waals surface area contributed by atoms with Crippen LogP contribution in [0.15, 0.2) is 30.3 Å². The number of methoxy groups -OCH3 is 2. The first-order valence-electron chi connectivity index (χ1n) is 4.88. The molecule has 3 heteroatoms. The molecule has 0 spiro atoms. The molecule has 1 atom stereocenters. The first kappa shape index (κ1) is 11.9. The third kappa shape index (κ3) is 3.81. The fraction of sp³-hybridized carbons (Fsp3) is 0.417. The number of carbonyl (C=O) groups excluding carboxylic acids is 1. The molecule has 0 aliphatic rings. The second-order valence-electron chi connectivity index (χ2n) is 3.31. The van der Waals surface area contributed by atoms with Crippen molar-refractivity contribution in [3.63, 3.8) is 0 Å². The van der Waals surface area contributed by atoms with Crippen molar-refractivity contribution >= 4 is 5.78 Å². The number of Topliss-reactive ketones (excluding diaryl/α,β-unsaturated/α-hetero) is 1. The molecule has 82 valence electrons. The first-order chi connectivity index (χ1) is 7.27. The third-order valence-electron chi connectivity index (χ3n) is 2.19. The highest BCUT2D eigenvalue weighted by Crippen LogP contribution is 2.07. The maximum Gasteiger partial charge on any atom is 0.165 e. The maximum atomic E-state index is 11.8. The van der Waals surface area contributed by atoms with Crippen LogP contribution in [-0.2, 0) is 9.47 Å². The van der Waals surface area contributed by atoms with Crippen molar-refractivity contribution in [3.8, 4) is 0 Å². The highest BCUT2D eigenvalue weighted by Gasteiger charge is 2.13. The van der Waals surface area contributed by atoms with Gasteiger partial charge in [-0.3, -0.25) is 4.79 Å². The van der Waals surface area contributed by atoms with E-state index in [0.29, 0.717) is 13.0 Å². The average Bonchev–Trinajstić information content (AvgIpc) is 2.29. The van der Waals surface area contributed by atoms with Crippen molar-refractivity contribution < 1.29 is 14.3 Å². The van der Waals surface area contributed by atoms with E-state index in [1.165, 1.54) is 0 Å². The Labute approximate surface area is 90.0 Å². The normalized spacial score (nSPS) is 12.4. The molecule has 0 saturated carbocycles. The predicted octanol–water partition coefficient (Wildman–Crippen LogP) is 1.92. The minimum Gasteiger partial charge on any atom is -0.382 e. The van der Waals surface area contributed by atoms with Crippen molar-refractivity contribution in [1.29, 1.82) is 0 Å². The van der Waals surface area contributed by atoms with Crippen molar-refractivity contribution in [2.24, 2.45) is 0 Å². The quantitative estimate of drug-likeness (QED) is 0.670. The summed E-state index contributed by atoms with van der Waals surface area (Å²) in [6.45, 7) is 0.440. The van der Waals surface area contributed by atoms with Crippen molar-refractivity contribution in [3.05, 3.63) is 35.9 Å². The van der Waals surface area contributed by atoms with Crippen LogP contribution in [-0.4, -0.2) is 32.7 Å². The molecule has 0 N–H and O–H groups in total. The second-order valence-corrected chi connectivity index (χ2v) is 3.31. The number of benzene rings is 1. The molecule has 0 aliphatic heterocycles. The fourth-order valence-corrected chi connectivity index (χ4v) is 1.34. The summed E-state index contributed by atoms with van der Waals surface area (Å²) in [4.78, 5) is 11.8. The molecule has 0 saturated heterocycles. The number of rotatable bonds is 6. The zero-order chi connectivity index (χ0) is 11.1. The molecule has 1 aromatic rings. The predicted molar refractivity (Wildman–Crippen MR) is 58.1 cm³/mol. The van der Waals surface area contributed by atoms with Crippen LogP contribution in [0.2, 0.25) is 0 Å². The van der Waals surface area contributed by atoms with E-state index in [1.54, 1.807) is 14.2 Å². The molecule has 1 rings (SSSR count). The smallest absolute Gasteiger partial charge is 0.165 e. The van der Waals surface area contributed by atoms with Crippen LogP contribution in [0.4, 0.5) is 0 Å². The Hall–Kier alpha value is -1.19. The van der Waals surface area contributed by atoms with E-state index in [9.17, 15) is 4.79 Å². The summed E-state index contributed by atoms with van der Waals surface area (Å²) >= 11 is 0. The minimum absolute atomic E-state index is 0.0829. The maximum absolute atomic E-state index is 11.8. The number of hydrogen-bond acceptors (Lipinski definition) is 3. The van der Waals surface area contributed by atoms with Crippen molar-refractivity contribution in [2.75, 3.05) is 20.8 Å². The van der Waals surface area contributed by atoms with Gasteiger partial charge in [-0.05, 0) is 0 Å². The first-order valence-corrected chi connectivity index (χ1v) is 4.88. The Morgan fingerprint density at radius 2 is 1.93 bits per heavy atom. The Morgan fingerprint density at radius 1 is 1.27 bits per heavy atom. The largest absolute Gasteiger partial charge is 0.382 e. The van der Waals surface area contributed by atoms with Gasteiger partial charge >= 0.3 is 0 Å². The molecule has 0 aromatic heterocycles. The highest BCUT2D eigenvalue weighted by atomic mass is 16.5. The summed E-state index contributed by atoms with van der Waals surface area (Å²) in [6, 6.07) is 9.21. The molecule has 0 amide bonds. The standard InChI is InChI=1S/C12H16O3/c1-14-9-11(15-2)8-12(13)10-6-4-3-5-7-10/h3-7,11H,8-9H2,1-2H3. The van der Waals surface area contributed by atoms with E-state index in [2.05, 4.69) is 0 Å². The Kier molecular flexibility index (Phi) is 5.01. The van der Waals surface area contributed by atoms with Gasteiger partial charge in [0.05, 0.1) is 12.7 Å². The molecular formula is C12H16O3. The number of hydrogen-bond donors (Lipinski definition) is 0. The lowest BCUT2D eigenvalue weighted by Gasteiger charge is -2.12. The lowest BCUT2D eigenvalue weighted by Crippen LogP contribution is -2.21. The lowest BCUT2D eigenvalue weighted by molar-refractivity contribution is 0.0238. The number of ether oxygens (including phenoxy) is 2. The molecule has 1 unspecified atom stereocenters. The van der Waals surface area contributed by atoms with E-state index in [-0.39, 0.29) is 11.9 Å². The van der Waals surface area contributed by atoms with Crippen LogP contribution in [0.25, 0.3) is 0 Å². The van der Waals surface area contributed by atoms with Crippen LogP contribution in [0.1, 0.15) is 16.8 Å². The Bertz CT molecular complexity index is 295. The van der Waals surface area contributed by atoms with E-state index < -0.39 is 0 Å². The van der Waals surface area contributed by atoms with Gasteiger partial charge in [-0.2, -0.15) is 0 Å². The van der Waals surface area contributed by atoms with E-state index in [0.717, 1.165) is 5.56 Å². The van der Waals surface area contributed by atoms with E-state index >= 15 is 0 Å². The van der Waals surface area contributed by atoms with Gasteiger partial charge in [0.25, 0.3) is 0 Å². The van der Waals surface area contributed by atoms with Gasteiger partial charge in [0, 0.05) is 26.2 Å². The number of ketones is 1. The number of carbonyl (C=O) groups is 1. The topological polar surface area (TPSA) is 35.5 Å². The molecular weight excluding hydrogens is 192 g/mol. The summed E-state index contributed by atoms with van der Waals surface area (Å²) in [5.41, 5.74) is 0.718. The van der Waals surface area contributed by atoms with Crippen molar-refractivity contribution in [2.45, 2.75) is 12.5 Å². The molecule has 0 heterocycles. The van der Waals surface area contributed by atoms with E-state index in [4.69, 9.17) is 9.47 Å². The molecule has 3 nitrogen and oxygen atoms in total. The fourth-order valence-electron chi connectivity index (χ4n) is 1.34. The monoisotopic (exact) mass is 208 g/mol. The third-order valence-corrected chi connectivity index (χ3v) is 2.19. The Balaban J connectivity index is 2.55. The van der Waals surface area contributed by atoms with Gasteiger partial charge in [0.2, 0.25) is 0 Å². The van der Waals surface area contributed by atoms with Crippen LogP contribution in [0.5, 0.6) is 0 Å². The highest BCUT2D eigenvalue weighted by molar-refractivity contribution is 5.96. The van der Waals surface area contributed by atoms with Crippen LogP contribution in [0.3, 0.4) is 0 Å². The van der Waals surface area contributed by atoms with Gasteiger partial charge in [-0.1, -0.05) is 30.3 Å². The van der Waals surface area contributed by atoms with Crippen molar-refractivity contribution in [1.82, 2.24) is 0 Å².